The third-order valence-corrected chi connectivity index (χ3v) is 4.79. The summed E-state index contributed by atoms with van der Waals surface area (Å²) in [4.78, 5) is 24.5. The number of benzene rings is 2. The van der Waals surface area contributed by atoms with Gasteiger partial charge >= 0.3 is 5.97 Å². The lowest BCUT2D eigenvalue weighted by Crippen LogP contribution is -2.26. The quantitative estimate of drug-likeness (QED) is 0.507. The summed E-state index contributed by atoms with van der Waals surface area (Å²) in [5, 5.41) is 0. The van der Waals surface area contributed by atoms with Crippen LogP contribution in [-0.2, 0) is 9.53 Å². The number of ether oxygens (including phenoxy) is 3. The van der Waals surface area contributed by atoms with Crippen LogP contribution in [0.2, 0.25) is 0 Å². The van der Waals surface area contributed by atoms with Crippen LogP contribution in [0, 0.1) is 6.92 Å². The van der Waals surface area contributed by atoms with Crippen molar-refractivity contribution >= 4 is 33.8 Å². The fourth-order valence-electron chi connectivity index (χ4n) is 2.79. The van der Waals surface area contributed by atoms with Gasteiger partial charge in [0.2, 0.25) is 5.78 Å². The molecule has 0 spiro atoms. The molecule has 0 amide bonds. The van der Waals surface area contributed by atoms with Gasteiger partial charge in [-0.2, -0.15) is 0 Å². The lowest BCUT2D eigenvalue weighted by atomic mass is 10.0. The number of hydrogen-bond acceptors (Lipinski definition) is 5. The molecular weight excluding hydrogens is 412 g/mol. The summed E-state index contributed by atoms with van der Waals surface area (Å²) in [6.45, 7) is 5.45. The van der Waals surface area contributed by atoms with E-state index in [1.165, 1.54) is 0 Å². The highest BCUT2D eigenvalue weighted by Gasteiger charge is 2.30. The van der Waals surface area contributed by atoms with Crippen LogP contribution in [0.25, 0.3) is 6.08 Å². The first kappa shape index (κ1) is 19.2. The standard InChI is InChI=1S/C21H19BrO5/c1-4-25-21(24)13(3)26-15-9-12(2)19-17(11-15)27-18(20(19)23)10-14-7-5-6-8-16(14)22/h5-11,13H,4H2,1-3H3/b18-10-. The zero-order chi connectivity index (χ0) is 19.6. The summed E-state index contributed by atoms with van der Waals surface area (Å²) in [5.41, 5.74) is 2.07. The summed E-state index contributed by atoms with van der Waals surface area (Å²) in [6, 6.07) is 10.9. The van der Waals surface area contributed by atoms with Gasteiger partial charge < -0.3 is 14.2 Å². The maximum Gasteiger partial charge on any atom is 0.347 e. The molecule has 0 radical (unpaired) electrons. The second-order valence-electron chi connectivity index (χ2n) is 6.09. The maximum absolute atomic E-state index is 12.7. The minimum Gasteiger partial charge on any atom is -0.479 e. The third-order valence-electron chi connectivity index (χ3n) is 4.07. The molecule has 0 N–H and O–H groups in total. The second-order valence-corrected chi connectivity index (χ2v) is 6.94. The Hall–Kier alpha value is -2.60. The highest BCUT2D eigenvalue weighted by Crippen LogP contribution is 2.38. The topological polar surface area (TPSA) is 61.8 Å². The summed E-state index contributed by atoms with van der Waals surface area (Å²) in [7, 11) is 0. The summed E-state index contributed by atoms with van der Waals surface area (Å²) < 4.78 is 17.3. The molecule has 140 valence electrons. The van der Waals surface area contributed by atoms with E-state index in [0.29, 0.717) is 17.1 Å². The van der Waals surface area contributed by atoms with Crippen molar-refractivity contribution in [3.05, 3.63) is 63.3 Å². The summed E-state index contributed by atoms with van der Waals surface area (Å²) >= 11 is 3.46. The van der Waals surface area contributed by atoms with Gasteiger partial charge in [0.15, 0.2) is 11.9 Å². The zero-order valence-electron chi connectivity index (χ0n) is 15.2. The van der Waals surface area contributed by atoms with Crippen molar-refractivity contribution in [1.82, 2.24) is 0 Å². The van der Waals surface area contributed by atoms with Crippen LogP contribution < -0.4 is 9.47 Å². The minimum absolute atomic E-state index is 0.178. The average molecular weight is 431 g/mol. The molecule has 1 unspecified atom stereocenters. The maximum atomic E-state index is 12.7. The molecule has 0 saturated heterocycles. The zero-order valence-corrected chi connectivity index (χ0v) is 16.8. The number of halogens is 1. The number of Topliss-reactive ketones (excluding diaryl/α,β-unsaturated/α-hetero) is 1. The van der Waals surface area contributed by atoms with Crippen molar-refractivity contribution in [3.63, 3.8) is 0 Å². The smallest absolute Gasteiger partial charge is 0.347 e. The highest BCUT2D eigenvalue weighted by atomic mass is 79.9. The van der Waals surface area contributed by atoms with Crippen molar-refractivity contribution < 1.29 is 23.8 Å². The average Bonchev–Trinajstić information content (AvgIpc) is 2.93. The number of aryl methyl sites for hydroxylation is 1. The number of esters is 1. The molecule has 1 aliphatic heterocycles. The molecule has 2 aromatic rings. The van der Waals surface area contributed by atoms with Gasteiger partial charge in [0.25, 0.3) is 0 Å². The molecule has 2 aromatic carbocycles. The largest absolute Gasteiger partial charge is 0.479 e. The van der Waals surface area contributed by atoms with Crippen molar-refractivity contribution in [3.8, 4) is 11.5 Å². The Kier molecular flexibility index (Phi) is 5.65. The van der Waals surface area contributed by atoms with Crippen molar-refractivity contribution in [2.24, 2.45) is 0 Å². The number of allylic oxidation sites excluding steroid dienone is 1. The molecule has 1 atom stereocenters. The fraction of sp³-hybridized carbons (Fsp3) is 0.238. The molecule has 3 rings (SSSR count). The number of carbonyl (C=O) groups is 2. The summed E-state index contributed by atoms with van der Waals surface area (Å²) in [6.07, 6.45) is 0.947. The number of hydrogen-bond donors (Lipinski definition) is 0. The van der Waals surface area contributed by atoms with Crippen LogP contribution in [0.15, 0.2) is 46.6 Å². The second kappa shape index (κ2) is 7.96. The van der Waals surface area contributed by atoms with Gasteiger partial charge in [-0.25, -0.2) is 4.79 Å². The SMILES string of the molecule is CCOC(=O)C(C)Oc1cc(C)c2c(c1)O/C(=C\c1ccccc1Br)C2=O. The van der Waals surface area contributed by atoms with Crippen LogP contribution in [-0.4, -0.2) is 24.5 Å². The predicted octanol–water partition coefficient (Wildman–Crippen LogP) is 4.70. The van der Waals surface area contributed by atoms with Crippen LogP contribution in [0.4, 0.5) is 0 Å². The van der Waals surface area contributed by atoms with E-state index in [9.17, 15) is 9.59 Å². The lowest BCUT2D eigenvalue weighted by Gasteiger charge is -2.14. The number of carbonyl (C=O) groups excluding carboxylic acids is 2. The molecule has 1 heterocycles. The van der Waals surface area contributed by atoms with Crippen LogP contribution in [0.5, 0.6) is 11.5 Å². The molecule has 0 fully saturated rings. The van der Waals surface area contributed by atoms with Gasteiger partial charge in [0.05, 0.1) is 12.2 Å². The molecule has 0 saturated carbocycles. The van der Waals surface area contributed by atoms with Gasteiger partial charge in [-0.3, -0.25) is 4.79 Å². The Morgan fingerprint density at radius 1 is 1.30 bits per heavy atom. The molecule has 6 heteroatoms. The normalized spacial score (nSPS) is 15.3. The number of fused-ring (bicyclic) bond motifs is 1. The van der Waals surface area contributed by atoms with E-state index >= 15 is 0 Å². The van der Waals surface area contributed by atoms with E-state index in [0.717, 1.165) is 15.6 Å². The third kappa shape index (κ3) is 4.06. The molecule has 0 bridgehead atoms. The lowest BCUT2D eigenvalue weighted by molar-refractivity contribution is -0.150. The molecule has 5 nitrogen and oxygen atoms in total. The Bertz CT molecular complexity index is 932. The van der Waals surface area contributed by atoms with E-state index in [-0.39, 0.29) is 18.1 Å². The predicted molar refractivity (Wildman–Crippen MR) is 105 cm³/mol. The Balaban J connectivity index is 1.87. The van der Waals surface area contributed by atoms with Gasteiger partial charge in [-0.1, -0.05) is 34.1 Å². The number of rotatable bonds is 5. The first-order chi connectivity index (χ1) is 12.9. The van der Waals surface area contributed by atoms with Crippen LogP contribution in [0.1, 0.15) is 35.3 Å². The van der Waals surface area contributed by atoms with Gasteiger partial charge in [0, 0.05) is 10.5 Å². The minimum atomic E-state index is -0.755. The molecule has 1 aliphatic rings. The van der Waals surface area contributed by atoms with Crippen LogP contribution >= 0.6 is 15.9 Å². The Labute approximate surface area is 166 Å². The van der Waals surface area contributed by atoms with Gasteiger partial charge in [-0.05, 0) is 50.1 Å². The monoisotopic (exact) mass is 430 g/mol. The van der Waals surface area contributed by atoms with Gasteiger partial charge in [0.1, 0.15) is 11.5 Å². The molecule has 0 aromatic heterocycles. The van der Waals surface area contributed by atoms with Crippen LogP contribution in [0.3, 0.4) is 0 Å². The molecule has 0 aliphatic carbocycles. The first-order valence-corrected chi connectivity index (χ1v) is 9.36. The Morgan fingerprint density at radius 3 is 2.74 bits per heavy atom. The van der Waals surface area contributed by atoms with Crippen molar-refractivity contribution in [2.75, 3.05) is 6.61 Å². The van der Waals surface area contributed by atoms with E-state index in [1.807, 2.05) is 31.2 Å². The van der Waals surface area contributed by atoms with E-state index in [4.69, 9.17) is 14.2 Å². The van der Waals surface area contributed by atoms with Gasteiger partial charge in [-0.15, -0.1) is 0 Å². The van der Waals surface area contributed by atoms with Crippen molar-refractivity contribution in [2.45, 2.75) is 26.9 Å². The first-order valence-electron chi connectivity index (χ1n) is 8.57. The van der Waals surface area contributed by atoms with E-state index in [1.54, 1.807) is 32.1 Å². The van der Waals surface area contributed by atoms with E-state index < -0.39 is 12.1 Å². The fourth-order valence-corrected chi connectivity index (χ4v) is 3.19. The molecule has 27 heavy (non-hydrogen) atoms. The van der Waals surface area contributed by atoms with Crippen molar-refractivity contribution in [1.29, 1.82) is 0 Å². The number of ketones is 1. The highest BCUT2D eigenvalue weighted by molar-refractivity contribution is 9.10. The summed E-state index contributed by atoms with van der Waals surface area (Å²) in [5.74, 6) is 0.493. The molecular formula is C21H19BrO5. The Morgan fingerprint density at radius 2 is 2.04 bits per heavy atom. The van der Waals surface area contributed by atoms with E-state index in [2.05, 4.69) is 15.9 Å².